The van der Waals surface area contributed by atoms with Crippen LogP contribution >= 0.6 is 0 Å². The first-order chi connectivity index (χ1) is 16.0. The summed E-state index contributed by atoms with van der Waals surface area (Å²) in [7, 11) is 0. The average molecular weight is 441 g/mol. The molecule has 2 amide bonds. The second-order valence-corrected chi connectivity index (χ2v) is 7.80. The van der Waals surface area contributed by atoms with Gasteiger partial charge in [-0.3, -0.25) is 24.6 Å². The summed E-state index contributed by atoms with van der Waals surface area (Å²) in [5.41, 5.74) is 1.67. The number of benzene rings is 3. The molecule has 0 spiro atoms. The van der Waals surface area contributed by atoms with E-state index in [0.717, 1.165) is 11.4 Å². The van der Waals surface area contributed by atoms with Crippen LogP contribution in [0.3, 0.4) is 0 Å². The van der Waals surface area contributed by atoms with Gasteiger partial charge in [0.2, 0.25) is 11.8 Å². The quantitative estimate of drug-likeness (QED) is 0.311. The lowest BCUT2D eigenvalue weighted by Gasteiger charge is -2.32. The molecule has 1 aliphatic rings. The fourth-order valence-electron chi connectivity index (χ4n) is 4.03. The number of anilines is 3. The standard InChI is InChI=1S/C26H23N3O4/c30-25(27-19-10-9-15-22(18-19)29(32)33)23-16-7-8-17-24(23)26(31)28(20-11-3-1-4-12-20)21-13-5-2-6-14-21/h1-15,18,23-24H,16-17H2,(H,27,30). The van der Waals surface area contributed by atoms with Gasteiger partial charge in [0.25, 0.3) is 5.69 Å². The number of carbonyl (C=O) groups excluding carboxylic acids is 2. The minimum absolute atomic E-state index is 0.108. The number of hydrogen-bond acceptors (Lipinski definition) is 4. The van der Waals surface area contributed by atoms with E-state index in [2.05, 4.69) is 5.32 Å². The van der Waals surface area contributed by atoms with Crippen LogP contribution in [0.2, 0.25) is 0 Å². The van der Waals surface area contributed by atoms with Crippen LogP contribution in [0.15, 0.2) is 97.1 Å². The Bertz CT molecular complexity index is 1140. The molecule has 3 aromatic rings. The molecule has 1 aliphatic carbocycles. The number of nitrogens with one attached hydrogen (secondary N) is 1. The summed E-state index contributed by atoms with van der Waals surface area (Å²) in [4.78, 5) is 39.2. The van der Waals surface area contributed by atoms with E-state index in [1.165, 1.54) is 18.2 Å². The van der Waals surface area contributed by atoms with Crippen LogP contribution in [0, 0.1) is 22.0 Å². The minimum atomic E-state index is -0.600. The van der Waals surface area contributed by atoms with Crippen molar-refractivity contribution in [3.05, 3.63) is 107 Å². The molecule has 1 N–H and O–H groups in total. The van der Waals surface area contributed by atoms with Crippen molar-refractivity contribution in [2.75, 3.05) is 10.2 Å². The molecule has 3 aromatic carbocycles. The lowest BCUT2D eigenvalue weighted by atomic mass is 9.81. The van der Waals surface area contributed by atoms with Gasteiger partial charge < -0.3 is 5.32 Å². The zero-order chi connectivity index (χ0) is 23.2. The van der Waals surface area contributed by atoms with Crippen molar-refractivity contribution in [3.63, 3.8) is 0 Å². The van der Waals surface area contributed by atoms with Crippen molar-refractivity contribution < 1.29 is 14.5 Å². The van der Waals surface area contributed by atoms with Gasteiger partial charge in [0.15, 0.2) is 0 Å². The number of non-ortho nitro benzene ring substituents is 1. The summed E-state index contributed by atoms with van der Waals surface area (Å²) >= 11 is 0. The van der Waals surface area contributed by atoms with E-state index in [0.29, 0.717) is 18.5 Å². The zero-order valence-corrected chi connectivity index (χ0v) is 17.8. The third-order valence-electron chi connectivity index (χ3n) is 5.66. The Kier molecular flexibility index (Phi) is 6.59. The third-order valence-corrected chi connectivity index (χ3v) is 5.66. The largest absolute Gasteiger partial charge is 0.326 e. The Labute approximate surface area is 191 Å². The first-order valence-corrected chi connectivity index (χ1v) is 10.7. The summed E-state index contributed by atoms with van der Waals surface area (Å²) in [5, 5.41) is 13.8. The molecule has 0 saturated carbocycles. The van der Waals surface area contributed by atoms with Crippen molar-refractivity contribution in [1.29, 1.82) is 0 Å². The highest BCUT2D eigenvalue weighted by Crippen LogP contribution is 2.34. The second kappa shape index (κ2) is 9.91. The van der Waals surface area contributed by atoms with Gasteiger partial charge in [-0.2, -0.15) is 0 Å². The van der Waals surface area contributed by atoms with E-state index in [1.807, 2.05) is 72.8 Å². The van der Waals surface area contributed by atoms with Crippen LogP contribution in [-0.2, 0) is 9.59 Å². The van der Waals surface area contributed by atoms with E-state index in [1.54, 1.807) is 11.0 Å². The molecule has 166 valence electrons. The summed E-state index contributed by atoms with van der Waals surface area (Å²) in [6.45, 7) is 0. The minimum Gasteiger partial charge on any atom is -0.326 e. The second-order valence-electron chi connectivity index (χ2n) is 7.80. The summed E-state index contributed by atoms with van der Waals surface area (Å²) in [5.74, 6) is -1.68. The molecule has 33 heavy (non-hydrogen) atoms. The Hall–Kier alpha value is -4.26. The number of rotatable bonds is 6. The summed E-state index contributed by atoms with van der Waals surface area (Å²) in [6.07, 6.45) is 4.67. The Morgan fingerprint density at radius 3 is 1.97 bits per heavy atom. The van der Waals surface area contributed by atoms with E-state index in [-0.39, 0.29) is 17.5 Å². The molecule has 0 aliphatic heterocycles. The number of para-hydroxylation sites is 2. The molecule has 0 aromatic heterocycles. The highest BCUT2D eigenvalue weighted by Gasteiger charge is 2.37. The van der Waals surface area contributed by atoms with Gasteiger partial charge in [0, 0.05) is 29.2 Å². The highest BCUT2D eigenvalue weighted by molar-refractivity contribution is 6.05. The molecule has 0 fully saturated rings. The van der Waals surface area contributed by atoms with Crippen LogP contribution in [0.1, 0.15) is 12.8 Å². The molecular weight excluding hydrogens is 418 g/mol. The van der Waals surface area contributed by atoms with Crippen molar-refractivity contribution in [2.24, 2.45) is 11.8 Å². The van der Waals surface area contributed by atoms with Crippen molar-refractivity contribution in [3.8, 4) is 0 Å². The van der Waals surface area contributed by atoms with Crippen molar-refractivity contribution in [1.82, 2.24) is 0 Å². The molecule has 0 bridgehead atoms. The predicted molar refractivity (Wildman–Crippen MR) is 127 cm³/mol. The average Bonchev–Trinajstić information content (AvgIpc) is 2.85. The number of carbonyl (C=O) groups is 2. The van der Waals surface area contributed by atoms with Crippen molar-refractivity contribution in [2.45, 2.75) is 12.8 Å². The Morgan fingerprint density at radius 2 is 1.39 bits per heavy atom. The third kappa shape index (κ3) is 4.98. The van der Waals surface area contributed by atoms with Gasteiger partial charge in [-0.05, 0) is 43.2 Å². The Balaban J connectivity index is 1.62. The molecule has 7 nitrogen and oxygen atoms in total. The summed E-state index contributed by atoms with van der Waals surface area (Å²) < 4.78 is 0. The number of allylic oxidation sites excluding steroid dienone is 2. The molecular formula is C26H23N3O4. The number of nitro benzene ring substituents is 1. The molecule has 0 radical (unpaired) electrons. The smallest absolute Gasteiger partial charge is 0.271 e. The molecule has 7 heteroatoms. The van der Waals surface area contributed by atoms with E-state index >= 15 is 0 Å². The first kappa shape index (κ1) is 22.0. The fourth-order valence-corrected chi connectivity index (χ4v) is 4.03. The number of amides is 2. The van der Waals surface area contributed by atoms with Gasteiger partial charge in [0.05, 0.1) is 16.8 Å². The molecule has 2 atom stereocenters. The number of hydrogen-bond donors (Lipinski definition) is 1. The van der Waals surface area contributed by atoms with Gasteiger partial charge >= 0.3 is 0 Å². The first-order valence-electron chi connectivity index (χ1n) is 10.7. The molecule has 2 unspecified atom stereocenters. The lowest BCUT2D eigenvalue weighted by Crippen LogP contribution is -2.41. The summed E-state index contributed by atoms with van der Waals surface area (Å²) in [6, 6.07) is 24.5. The van der Waals surface area contributed by atoms with Crippen molar-refractivity contribution >= 4 is 34.6 Å². The highest BCUT2D eigenvalue weighted by atomic mass is 16.6. The van der Waals surface area contributed by atoms with Crippen LogP contribution < -0.4 is 10.2 Å². The maximum Gasteiger partial charge on any atom is 0.271 e. The molecule has 0 saturated heterocycles. The Morgan fingerprint density at radius 1 is 0.818 bits per heavy atom. The molecule has 0 heterocycles. The monoisotopic (exact) mass is 441 g/mol. The van der Waals surface area contributed by atoms with Crippen LogP contribution in [-0.4, -0.2) is 16.7 Å². The number of nitro groups is 1. The zero-order valence-electron chi connectivity index (χ0n) is 17.8. The lowest BCUT2D eigenvalue weighted by molar-refractivity contribution is -0.384. The van der Waals surface area contributed by atoms with Gasteiger partial charge in [-0.15, -0.1) is 0 Å². The van der Waals surface area contributed by atoms with E-state index < -0.39 is 16.8 Å². The normalized spacial score (nSPS) is 17.2. The number of nitrogens with zero attached hydrogens (tertiary/aromatic N) is 2. The van der Waals surface area contributed by atoms with Gasteiger partial charge in [-0.1, -0.05) is 54.6 Å². The van der Waals surface area contributed by atoms with Gasteiger partial charge in [-0.25, -0.2) is 0 Å². The molecule has 4 rings (SSSR count). The van der Waals surface area contributed by atoms with E-state index in [9.17, 15) is 19.7 Å². The predicted octanol–water partition coefficient (Wildman–Crippen LogP) is 5.48. The van der Waals surface area contributed by atoms with Crippen LogP contribution in [0.25, 0.3) is 0 Å². The van der Waals surface area contributed by atoms with Gasteiger partial charge in [0.1, 0.15) is 0 Å². The topological polar surface area (TPSA) is 92.5 Å². The van der Waals surface area contributed by atoms with Crippen LogP contribution in [0.4, 0.5) is 22.7 Å². The van der Waals surface area contributed by atoms with Crippen LogP contribution in [0.5, 0.6) is 0 Å². The maximum absolute atomic E-state index is 13.8. The maximum atomic E-state index is 13.8. The fraction of sp³-hybridized carbons (Fsp3) is 0.154. The SMILES string of the molecule is O=C(Nc1cccc([N+](=O)[O-])c1)C1CC=CCC1C(=O)N(c1ccccc1)c1ccccc1. The van der Waals surface area contributed by atoms with E-state index in [4.69, 9.17) is 0 Å².